The highest BCUT2D eigenvalue weighted by Crippen LogP contribution is 2.28. The Labute approximate surface area is 75.1 Å². The van der Waals surface area contributed by atoms with Gasteiger partial charge in [-0.1, -0.05) is 11.6 Å². The molecule has 3 heteroatoms. The van der Waals surface area contributed by atoms with E-state index in [0.717, 1.165) is 12.8 Å². The van der Waals surface area contributed by atoms with E-state index in [1.807, 2.05) is 0 Å². The Kier molecular flexibility index (Phi) is 1.93. The van der Waals surface area contributed by atoms with Crippen LogP contribution in [0.5, 0.6) is 5.75 Å². The molecule has 1 aliphatic rings. The zero-order valence-corrected chi connectivity index (χ0v) is 7.07. The minimum absolute atomic E-state index is 0.249. The summed E-state index contributed by atoms with van der Waals surface area (Å²) < 4.78 is 18.0. The second kappa shape index (κ2) is 2.94. The maximum Gasteiger partial charge on any atom is 0.136 e. The highest BCUT2D eigenvalue weighted by molar-refractivity contribution is 6.30. The van der Waals surface area contributed by atoms with Crippen LogP contribution in [-0.2, 0) is 0 Å². The van der Waals surface area contributed by atoms with Crippen LogP contribution in [-0.4, -0.2) is 6.10 Å². The molecule has 1 radical (unpaired) electrons. The first kappa shape index (κ1) is 7.87. The first-order chi connectivity index (χ1) is 5.74. The SMILES string of the molecule is Fc1[c]c(OC2CC2)cc(Cl)c1. The molecule has 0 aromatic heterocycles. The van der Waals surface area contributed by atoms with Crippen molar-refractivity contribution in [1.82, 2.24) is 0 Å². The van der Waals surface area contributed by atoms with Crippen LogP contribution >= 0.6 is 11.6 Å². The molecular formula is C9H7ClFO. The first-order valence-corrected chi connectivity index (χ1v) is 4.17. The van der Waals surface area contributed by atoms with Crippen LogP contribution in [0.1, 0.15) is 12.8 Å². The summed E-state index contributed by atoms with van der Waals surface area (Å²) in [6.07, 6.45) is 2.34. The van der Waals surface area contributed by atoms with Crippen LogP contribution in [0.4, 0.5) is 4.39 Å². The van der Waals surface area contributed by atoms with Gasteiger partial charge in [-0.05, 0) is 25.0 Å². The maximum atomic E-state index is 12.7. The lowest BCUT2D eigenvalue weighted by atomic mass is 10.3. The summed E-state index contributed by atoms with van der Waals surface area (Å²) in [5.41, 5.74) is 0. The number of benzene rings is 1. The van der Waals surface area contributed by atoms with Crippen LogP contribution in [0.25, 0.3) is 0 Å². The molecule has 1 nitrogen and oxygen atoms in total. The van der Waals surface area contributed by atoms with Gasteiger partial charge in [0.1, 0.15) is 11.6 Å². The van der Waals surface area contributed by atoms with Gasteiger partial charge in [-0.25, -0.2) is 4.39 Å². The minimum Gasteiger partial charge on any atom is -0.490 e. The Morgan fingerprint density at radius 3 is 2.83 bits per heavy atom. The molecule has 1 saturated carbocycles. The van der Waals surface area contributed by atoms with Crippen LogP contribution in [0, 0.1) is 11.9 Å². The van der Waals surface area contributed by atoms with Crippen molar-refractivity contribution < 1.29 is 9.13 Å². The predicted octanol–water partition coefficient (Wildman–Crippen LogP) is 2.82. The van der Waals surface area contributed by atoms with Crippen molar-refractivity contribution >= 4 is 11.6 Å². The Morgan fingerprint density at radius 2 is 2.25 bits per heavy atom. The Morgan fingerprint density at radius 1 is 1.50 bits per heavy atom. The molecule has 0 aliphatic heterocycles. The van der Waals surface area contributed by atoms with Gasteiger partial charge in [0.05, 0.1) is 12.2 Å². The third-order valence-electron chi connectivity index (χ3n) is 1.59. The van der Waals surface area contributed by atoms with E-state index in [1.165, 1.54) is 6.07 Å². The molecule has 0 atom stereocenters. The van der Waals surface area contributed by atoms with E-state index >= 15 is 0 Å². The van der Waals surface area contributed by atoms with Crippen molar-refractivity contribution in [2.75, 3.05) is 0 Å². The molecule has 0 amide bonds. The van der Waals surface area contributed by atoms with Crippen molar-refractivity contribution in [3.8, 4) is 5.75 Å². The van der Waals surface area contributed by atoms with E-state index in [1.54, 1.807) is 6.07 Å². The van der Waals surface area contributed by atoms with Gasteiger partial charge in [0.15, 0.2) is 0 Å². The van der Waals surface area contributed by atoms with E-state index in [2.05, 4.69) is 6.07 Å². The number of hydrogen-bond acceptors (Lipinski definition) is 1. The smallest absolute Gasteiger partial charge is 0.136 e. The molecule has 0 bridgehead atoms. The van der Waals surface area contributed by atoms with Gasteiger partial charge >= 0.3 is 0 Å². The fourth-order valence-corrected chi connectivity index (χ4v) is 1.10. The lowest BCUT2D eigenvalue weighted by molar-refractivity contribution is 0.301. The zero-order chi connectivity index (χ0) is 8.55. The molecule has 2 rings (SSSR count). The summed E-state index contributed by atoms with van der Waals surface area (Å²) in [7, 11) is 0. The first-order valence-electron chi connectivity index (χ1n) is 3.79. The molecule has 0 heterocycles. The summed E-state index contributed by atoms with van der Waals surface area (Å²) in [6, 6.07) is 5.23. The Balaban J connectivity index is 2.18. The third-order valence-corrected chi connectivity index (χ3v) is 1.81. The molecule has 0 spiro atoms. The Hall–Kier alpha value is -0.760. The maximum absolute atomic E-state index is 12.7. The van der Waals surface area contributed by atoms with E-state index in [0.29, 0.717) is 10.8 Å². The molecule has 0 unspecified atom stereocenters. The van der Waals surface area contributed by atoms with E-state index in [9.17, 15) is 4.39 Å². The largest absolute Gasteiger partial charge is 0.490 e. The average molecular weight is 186 g/mol. The van der Waals surface area contributed by atoms with Crippen LogP contribution in [0.15, 0.2) is 12.1 Å². The molecule has 1 aromatic carbocycles. The molecular weight excluding hydrogens is 179 g/mol. The van der Waals surface area contributed by atoms with Crippen molar-refractivity contribution in [3.63, 3.8) is 0 Å². The molecule has 0 N–H and O–H groups in total. The summed E-state index contributed by atoms with van der Waals surface area (Å²) in [4.78, 5) is 0. The average Bonchev–Trinajstić information content (AvgIpc) is 2.68. The summed E-state index contributed by atoms with van der Waals surface area (Å²) >= 11 is 5.61. The summed E-state index contributed by atoms with van der Waals surface area (Å²) in [6.45, 7) is 0. The van der Waals surface area contributed by atoms with Gasteiger partial charge in [0, 0.05) is 5.02 Å². The van der Waals surface area contributed by atoms with E-state index in [-0.39, 0.29) is 6.10 Å². The number of ether oxygens (including phenoxy) is 1. The van der Waals surface area contributed by atoms with Crippen LogP contribution in [0.2, 0.25) is 5.02 Å². The highest BCUT2D eigenvalue weighted by Gasteiger charge is 2.23. The summed E-state index contributed by atoms with van der Waals surface area (Å²) in [5, 5.41) is 0.349. The number of halogens is 2. The van der Waals surface area contributed by atoms with Crippen molar-refractivity contribution in [2.45, 2.75) is 18.9 Å². The fraction of sp³-hybridized carbons (Fsp3) is 0.333. The van der Waals surface area contributed by atoms with Gasteiger partial charge in [-0.2, -0.15) is 0 Å². The topological polar surface area (TPSA) is 9.23 Å². The predicted molar refractivity (Wildman–Crippen MR) is 43.9 cm³/mol. The van der Waals surface area contributed by atoms with E-state index in [4.69, 9.17) is 16.3 Å². The van der Waals surface area contributed by atoms with Crippen molar-refractivity contribution in [3.05, 3.63) is 29.0 Å². The second-order valence-electron chi connectivity index (χ2n) is 2.83. The van der Waals surface area contributed by atoms with Crippen LogP contribution in [0.3, 0.4) is 0 Å². The number of rotatable bonds is 2. The van der Waals surface area contributed by atoms with E-state index < -0.39 is 5.82 Å². The normalized spacial score (nSPS) is 16.2. The van der Waals surface area contributed by atoms with Crippen LogP contribution < -0.4 is 4.74 Å². The lowest BCUT2D eigenvalue weighted by Crippen LogP contribution is -1.96. The molecule has 1 aliphatic carbocycles. The second-order valence-corrected chi connectivity index (χ2v) is 3.26. The molecule has 0 saturated heterocycles. The fourth-order valence-electron chi connectivity index (χ4n) is 0.907. The van der Waals surface area contributed by atoms with Crippen molar-refractivity contribution in [2.24, 2.45) is 0 Å². The quantitative estimate of drug-likeness (QED) is 0.689. The monoisotopic (exact) mass is 185 g/mol. The van der Waals surface area contributed by atoms with Gasteiger partial charge in [-0.3, -0.25) is 0 Å². The molecule has 1 fully saturated rings. The van der Waals surface area contributed by atoms with Crippen molar-refractivity contribution in [1.29, 1.82) is 0 Å². The Bertz CT molecular complexity index is 276. The van der Waals surface area contributed by atoms with Gasteiger partial charge in [0.2, 0.25) is 0 Å². The minimum atomic E-state index is -0.474. The lowest BCUT2D eigenvalue weighted by Gasteiger charge is -2.03. The molecule has 12 heavy (non-hydrogen) atoms. The number of hydrogen-bond donors (Lipinski definition) is 0. The molecule has 1 aromatic rings. The molecule has 63 valence electrons. The summed E-state index contributed by atoms with van der Waals surface area (Å²) in [5.74, 6) is -0.0688. The standard InChI is InChI=1S/C9H7ClFO/c10-6-3-7(11)5-9(4-6)12-8-1-2-8/h3-4,8H,1-2H2. The van der Waals surface area contributed by atoms with Gasteiger partial charge < -0.3 is 4.74 Å². The zero-order valence-electron chi connectivity index (χ0n) is 6.31. The highest BCUT2D eigenvalue weighted by atomic mass is 35.5. The third kappa shape index (κ3) is 1.89. The van der Waals surface area contributed by atoms with Gasteiger partial charge in [-0.15, -0.1) is 0 Å². The van der Waals surface area contributed by atoms with Gasteiger partial charge in [0.25, 0.3) is 0 Å².